The van der Waals surface area contributed by atoms with Gasteiger partial charge in [-0.05, 0) is 103 Å². The minimum absolute atomic E-state index is 0.355. The fourth-order valence-electron chi connectivity index (χ4n) is 8.91. The monoisotopic (exact) mass is 504 g/mol. The van der Waals surface area contributed by atoms with E-state index in [1.165, 1.54) is 64.2 Å². The maximum Gasteiger partial charge on any atom is 0.0619 e. The van der Waals surface area contributed by atoms with Gasteiger partial charge in [0, 0.05) is 11.8 Å². The van der Waals surface area contributed by atoms with Crippen LogP contribution in [-0.4, -0.2) is 18.0 Å². The molecule has 32 heavy (non-hydrogen) atoms. The van der Waals surface area contributed by atoms with E-state index in [-0.39, 0.29) is 0 Å². The maximum atomic E-state index is 6.15. The Labute approximate surface area is 207 Å². The lowest BCUT2D eigenvalue weighted by Gasteiger charge is -2.55. The summed E-state index contributed by atoms with van der Waals surface area (Å²) in [5.41, 5.74) is 6.37. The first-order valence-electron chi connectivity index (χ1n) is 13.9. The van der Waals surface area contributed by atoms with Crippen molar-refractivity contribution in [3.05, 3.63) is 17.4 Å². The first kappa shape index (κ1) is 25.1. The molecule has 4 aliphatic carbocycles. The number of hydrogen-bond donors (Lipinski definition) is 0. The van der Waals surface area contributed by atoms with Crippen molar-refractivity contribution in [2.45, 2.75) is 111 Å². The molecular formula is C30H49BrO. The topological polar surface area (TPSA) is 9.23 Å². The third kappa shape index (κ3) is 4.72. The van der Waals surface area contributed by atoms with Gasteiger partial charge in [-0.1, -0.05) is 69.8 Å². The minimum atomic E-state index is 0.355. The van der Waals surface area contributed by atoms with E-state index in [0.29, 0.717) is 16.9 Å². The Morgan fingerprint density at radius 1 is 1.06 bits per heavy atom. The number of halogens is 1. The molecule has 3 fully saturated rings. The molecule has 2 heteroatoms. The molecule has 0 heterocycles. The van der Waals surface area contributed by atoms with Crippen LogP contribution in [0.3, 0.4) is 0 Å². The molecule has 0 bridgehead atoms. The highest BCUT2D eigenvalue weighted by molar-refractivity contribution is 9.09. The van der Waals surface area contributed by atoms with Crippen LogP contribution in [-0.2, 0) is 4.74 Å². The highest BCUT2D eigenvalue weighted by atomic mass is 79.9. The zero-order valence-corrected chi connectivity index (χ0v) is 23.2. The first-order chi connectivity index (χ1) is 15.3. The summed E-state index contributed by atoms with van der Waals surface area (Å²) in [6.07, 6.45) is 17.9. The maximum absolute atomic E-state index is 6.15. The Bertz CT molecular complexity index is 706. The van der Waals surface area contributed by atoms with Crippen molar-refractivity contribution < 1.29 is 4.74 Å². The molecule has 3 saturated carbocycles. The molecule has 4 rings (SSSR count). The van der Waals surface area contributed by atoms with Gasteiger partial charge in [0.2, 0.25) is 0 Å². The van der Waals surface area contributed by atoms with Crippen LogP contribution in [0.5, 0.6) is 0 Å². The predicted molar refractivity (Wildman–Crippen MR) is 140 cm³/mol. The van der Waals surface area contributed by atoms with Crippen molar-refractivity contribution in [2.75, 3.05) is 11.9 Å². The van der Waals surface area contributed by atoms with Crippen molar-refractivity contribution in [3.63, 3.8) is 0 Å². The molecule has 8 unspecified atom stereocenters. The van der Waals surface area contributed by atoms with E-state index in [9.17, 15) is 0 Å². The smallest absolute Gasteiger partial charge is 0.0619 e. The second kappa shape index (κ2) is 10.3. The van der Waals surface area contributed by atoms with Crippen LogP contribution in [0.2, 0.25) is 0 Å². The summed E-state index contributed by atoms with van der Waals surface area (Å²) in [5, 5.41) is 0.942. The van der Waals surface area contributed by atoms with Crippen molar-refractivity contribution in [1.29, 1.82) is 0 Å². The molecule has 8 atom stereocenters. The number of alkyl halides is 1. The average molecular weight is 506 g/mol. The van der Waals surface area contributed by atoms with Crippen molar-refractivity contribution in [1.82, 2.24) is 0 Å². The van der Waals surface area contributed by atoms with Crippen LogP contribution in [0.25, 0.3) is 0 Å². The second-order valence-corrected chi connectivity index (χ2v) is 13.6. The number of fused-ring (bicyclic) bond motifs is 5. The highest BCUT2D eigenvalue weighted by Gasteiger charge is 2.58. The molecule has 0 amide bonds. The molecule has 1 nitrogen and oxygen atoms in total. The fraction of sp³-hybridized carbons (Fsp3) is 0.900. The van der Waals surface area contributed by atoms with Crippen LogP contribution in [0.15, 0.2) is 17.4 Å². The third-order valence-corrected chi connectivity index (χ3v) is 11.0. The minimum Gasteiger partial charge on any atom is -0.377 e. The zero-order chi connectivity index (χ0) is 22.9. The van der Waals surface area contributed by atoms with Gasteiger partial charge < -0.3 is 4.74 Å². The lowest BCUT2D eigenvalue weighted by molar-refractivity contribution is -0.0541. The first-order valence-corrected chi connectivity index (χ1v) is 15.0. The summed E-state index contributed by atoms with van der Waals surface area (Å²) in [4.78, 5) is 0. The van der Waals surface area contributed by atoms with Gasteiger partial charge >= 0.3 is 0 Å². The van der Waals surface area contributed by atoms with Crippen molar-refractivity contribution in [2.24, 2.45) is 46.3 Å². The lowest BCUT2D eigenvalue weighted by atomic mass is 9.49. The zero-order valence-electron chi connectivity index (χ0n) is 21.6. The normalized spacial score (nSPS) is 42.1. The van der Waals surface area contributed by atoms with Crippen molar-refractivity contribution in [3.8, 4) is 0 Å². The van der Waals surface area contributed by atoms with Gasteiger partial charge in [-0.25, -0.2) is 0 Å². The largest absolute Gasteiger partial charge is 0.377 e. The van der Waals surface area contributed by atoms with Gasteiger partial charge in [-0.3, -0.25) is 0 Å². The van der Waals surface area contributed by atoms with Crippen LogP contribution < -0.4 is 0 Å². The summed E-state index contributed by atoms with van der Waals surface area (Å²) in [6.45, 7) is 13.5. The van der Waals surface area contributed by atoms with Crippen LogP contribution >= 0.6 is 15.9 Å². The summed E-state index contributed by atoms with van der Waals surface area (Å²) in [7, 11) is 0. The Kier molecular flexibility index (Phi) is 8.06. The SMILES string of the molecule is CC(C)CCCC(C)C1CCC2C3CC=C=C4CC(OCCBr)CCC4(C)C3CCC12C. The van der Waals surface area contributed by atoms with E-state index < -0.39 is 0 Å². The van der Waals surface area contributed by atoms with Crippen molar-refractivity contribution >= 4 is 15.9 Å². The molecule has 0 aromatic rings. The van der Waals surface area contributed by atoms with Crippen LogP contribution in [0.4, 0.5) is 0 Å². The molecule has 0 radical (unpaired) electrons. The molecule has 0 aromatic carbocycles. The van der Waals surface area contributed by atoms with E-state index in [2.05, 4.69) is 62.4 Å². The standard InChI is InChI=1S/C30H49BrO/c1-21(2)8-6-9-22(3)26-12-13-27-25-11-7-10-23-20-24(32-19-18-31)14-16-29(23,4)28(25)15-17-30(26,27)5/h7,21-22,24-28H,6,8-9,11-20H2,1-5H3. The molecule has 182 valence electrons. The van der Waals surface area contributed by atoms with Gasteiger partial charge in [0.25, 0.3) is 0 Å². The van der Waals surface area contributed by atoms with E-state index in [4.69, 9.17) is 4.74 Å². The van der Waals surface area contributed by atoms with E-state index in [0.717, 1.165) is 53.9 Å². The van der Waals surface area contributed by atoms with Crippen LogP contribution in [0, 0.1) is 46.3 Å². The Morgan fingerprint density at radius 3 is 2.62 bits per heavy atom. The van der Waals surface area contributed by atoms with Gasteiger partial charge in [-0.2, -0.15) is 0 Å². The van der Waals surface area contributed by atoms with E-state index in [1.807, 2.05) is 0 Å². The molecule has 0 aliphatic heterocycles. The molecule has 0 aromatic heterocycles. The number of hydrogen-bond acceptors (Lipinski definition) is 1. The Balaban J connectivity index is 1.47. The second-order valence-electron chi connectivity index (χ2n) is 12.8. The van der Waals surface area contributed by atoms with E-state index in [1.54, 1.807) is 5.57 Å². The molecule has 0 spiro atoms. The Morgan fingerprint density at radius 2 is 1.88 bits per heavy atom. The van der Waals surface area contributed by atoms with E-state index >= 15 is 0 Å². The predicted octanol–water partition coefficient (Wildman–Crippen LogP) is 8.96. The van der Waals surface area contributed by atoms with Gasteiger partial charge in [0.15, 0.2) is 0 Å². The Hall–Kier alpha value is -0.0400. The molecule has 0 saturated heterocycles. The quantitative estimate of drug-likeness (QED) is 0.236. The highest BCUT2D eigenvalue weighted by Crippen LogP contribution is 2.66. The fourth-order valence-corrected chi connectivity index (χ4v) is 9.10. The third-order valence-electron chi connectivity index (χ3n) is 10.7. The van der Waals surface area contributed by atoms with Gasteiger partial charge in [0.05, 0.1) is 12.7 Å². The lowest BCUT2D eigenvalue weighted by Crippen LogP contribution is -2.48. The summed E-state index contributed by atoms with van der Waals surface area (Å²) in [5.74, 6) is 5.35. The molecule has 0 N–H and O–H groups in total. The number of ether oxygens (including phenoxy) is 1. The summed E-state index contributed by atoms with van der Waals surface area (Å²) in [6, 6.07) is 0. The molecule has 4 aliphatic rings. The van der Waals surface area contributed by atoms with Crippen LogP contribution in [0.1, 0.15) is 105 Å². The van der Waals surface area contributed by atoms with Gasteiger partial charge in [-0.15, -0.1) is 5.73 Å². The number of rotatable bonds is 8. The summed E-state index contributed by atoms with van der Waals surface area (Å²) < 4.78 is 6.15. The average Bonchev–Trinajstić information content (AvgIpc) is 3.03. The molecular weight excluding hydrogens is 456 g/mol. The van der Waals surface area contributed by atoms with Gasteiger partial charge in [0.1, 0.15) is 0 Å². The summed E-state index contributed by atoms with van der Waals surface area (Å²) >= 11 is 3.53.